The third-order valence-corrected chi connectivity index (χ3v) is 2.92. The number of nitrogens with one attached hydrogen (secondary N) is 1. The molecule has 0 atom stereocenters. The first-order chi connectivity index (χ1) is 7.25. The highest BCUT2D eigenvalue weighted by Crippen LogP contribution is 2.23. The van der Waals surface area contributed by atoms with Crippen LogP contribution in [0.1, 0.15) is 12.8 Å². The van der Waals surface area contributed by atoms with Crippen LogP contribution >= 0.6 is 15.9 Å². The maximum absolute atomic E-state index is 5.87. The summed E-state index contributed by atoms with van der Waals surface area (Å²) in [4.78, 5) is 4.15. The molecule has 2 rings (SSSR count). The number of nitrogens with two attached hydrogens (primary N) is 1. The number of halogens is 1. The van der Waals surface area contributed by atoms with Gasteiger partial charge in [-0.15, -0.1) is 0 Å². The van der Waals surface area contributed by atoms with E-state index in [2.05, 4.69) is 26.2 Å². The van der Waals surface area contributed by atoms with Gasteiger partial charge < -0.3 is 15.8 Å². The van der Waals surface area contributed by atoms with E-state index in [9.17, 15) is 0 Å². The number of rotatable bonds is 2. The Morgan fingerprint density at radius 3 is 2.87 bits per heavy atom. The molecule has 5 heteroatoms. The standard InChI is InChI=1S/C10H14BrN3O/c11-10-5-8(12)9(6-13-10)14-7-1-3-15-4-2-7/h5-7,14H,1-4H2,(H2,12,13). The second-order valence-electron chi connectivity index (χ2n) is 3.63. The molecule has 1 aromatic heterocycles. The molecule has 82 valence electrons. The van der Waals surface area contributed by atoms with Crippen LogP contribution in [-0.2, 0) is 4.74 Å². The molecule has 3 N–H and O–H groups in total. The minimum absolute atomic E-state index is 0.448. The van der Waals surface area contributed by atoms with Gasteiger partial charge in [-0.1, -0.05) is 0 Å². The van der Waals surface area contributed by atoms with Gasteiger partial charge in [-0.25, -0.2) is 4.98 Å². The molecule has 0 bridgehead atoms. The maximum atomic E-state index is 5.87. The van der Waals surface area contributed by atoms with Crippen molar-refractivity contribution in [1.29, 1.82) is 0 Å². The van der Waals surface area contributed by atoms with E-state index >= 15 is 0 Å². The van der Waals surface area contributed by atoms with Crippen molar-refractivity contribution in [3.8, 4) is 0 Å². The lowest BCUT2D eigenvalue weighted by atomic mass is 10.1. The third-order valence-electron chi connectivity index (χ3n) is 2.48. The molecule has 1 fully saturated rings. The fraction of sp³-hybridized carbons (Fsp3) is 0.500. The smallest absolute Gasteiger partial charge is 0.108 e. The number of aromatic nitrogens is 1. The van der Waals surface area contributed by atoms with Gasteiger partial charge in [-0.3, -0.25) is 0 Å². The molecule has 0 aromatic carbocycles. The number of hydrogen-bond donors (Lipinski definition) is 2. The second kappa shape index (κ2) is 4.81. The van der Waals surface area contributed by atoms with Crippen LogP contribution in [-0.4, -0.2) is 24.2 Å². The van der Waals surface area contributed by atoms with Crippen molar-refractivity contribution in [2.45, 2.75) is 18.9 Å². The minimum Gasteiger partial charge on any atom is -0.397 e. The van der Waals surface area contributed by atoms with Crippen molar-refractivity contribution >= 4 is 27.3 Å². The molecular formula is C10H14BrN3O. The van der Waals surface area contributed by atoms with E-state index in [4.69, 9.17) is 10.5 Å². The zero-order valence-electron chi connectivity index (χ0n) is 8.37. The highest BCUT2D eigenvalue weighted by molar-refractivity contribution is 9.10. The molecule has 0 saturated carbocycles. The number of pyridine rings is 1. The van der Waals surface area contributed by atoms with Gasteiger partial charge in [-0.2, -0.15) is 0 Å². The van der Waals surface area contributed by atoms with Gasteiger partial charge >= 0.3 is 0 Å². The summed E-state index contributed by atoms with van der Waals surface area (Å²) in [5, 5.41) is 3.39. The second-order valence-corrected chi connectivity index (χ2v) is 4.44. The zero-order valence-corrected chi connectivity index (χ0v) is 9.96. The summed E-state index contributed by atoms with van der Waals surface area (Å²) in [5.74, 6) is 0. The van der Waals surface area contributed by atoms with Crippen molar-refractivity contribution in [2.24, 2.45) is 0 Å². The molecule has 0 unspecified atom stereocenters. The van der Waals surface area contributed by atoms with Crippen molar-refractivity contribution in [3.05, 3.63) is 16.9 Å². The number of nitrogens with zero attached hydrogens (tertiary/aromatic N) is 1. The van der Waals surface area contributed by atoms with Gasteiger partial charge in [0.05, 0.1) is 17.6 Å². The average molecular weight is 272 g/mol. The Labute approximate surface area is 97.3 Å². The van der Waals surface area contributed by atoms with E-state index < -0.39 is 0 Å². The summed E-state index contributed by atoms with van der Waals surface area (Å²) < 4.78 is 6.05. The van der Waals surface area contributed by atoms with E-state index in [-0.39, 0.29) is 0 Å². The van der Waals surface area contributed by atoms with E-state index in [1.165, 1.54) is 0 Å². The molecule has 0 radical (unpaired) electrons. The molecule has 1 saturated heterocycles. The molecule has 1 aliphatic heterocycles. The van der Waals surface area contributed by atoms with Gasteiger partial charge in [0, 0.05) is 19.3 Å². The molecule has 0 aliphatic carbocycles. The fourth-order valence-electron chi connectivity index (χ4n) is 1.63. The van der Waals surface area contributed by atoms with Crippen LogP contribution in [0.15, 0.2) is 16.9 Å². The Bertz CT molecular complexity index is 339. The van der Waals surface area contributed by atoms with Crippen LogP contribution in [0.3, 0.4) is 0 Å². The molecule has 2 heterocycles. The van der Waals surface area contributed by atoms with Crippen LogP contribution in [0.25, 0.3) is 0 Å². The topological polar surface area (TPSA) is 60.2 Å². The summed E-state index contributed by atoms with van der Waals surface area (Å²) in [5.41, 5.74) is 7.51. The van der Waals surface area contributed by atoms with Gasteiger partial charge in [-0.05, 0) is 34.8 Å². The van der Waals surface area contributed by atoms with Crippen molar-refractivity contribution in [1.82, 2.24) is 4.98 Å². The fourth-order valence-corrected chi connectivity index (χ4v) is 1.98. The first-order valence-corrected chi connectivity index (χ1v) is 5.80. The lowest BCUT2D eigenvalue weighted by molar-refractivity contribution is 0.0904. The SMILES string of the molecule is Nc1cc(Br)ncc1NC1CCOCC1. The van der Waals surface area contributed by atoms with E-state index in [1.807, 2.05) is 6.07 Å². The molecule has 0 amide bonds. The Morgan fingerprint density at radius 1 is 1.47 bits per heavy atom. The lowest BCUT2D eigenvalue weighted by Crippen LogP contribution is -2.28. The van der Waals surface area contributed by atoms with Gasteiger partial charge in [0.1, 0.15) is 4.60 Å². The van der Waals surface area contributed by atoms with Crippen LogP contribution in [0.4, 0.5) is 11.4 Å². The largest absolute Gasteiger partial charge is 0.397 e. The average Bonchev–Trinajstić information content (AvgIpc) is 2.24. The lowest BCUT2D eigenvalue weighted by Gasteiger charge is -2.24. The Morgan fingerprint density at radius 2 is 2.20 bits per heavy atom. The van der Waals surface area contributed by atoms with Gasteiger partial charge in [0.2, 0.25) is 0 Å². The molecular weight excluding hydrogens is 258 g/mol. The Hall–Kier alpha value is -0.810. The van der Waals surface area contributed by atoms with Crippen molar-refractivity contribution in [3.63, 3.8) is 0 Å². The van der Waals surface area contributed by atoms with Crippen LogP contribution in [0.5, 0.6) is 0 Å². The normalized spacial score (nSPS) is 17.7. The third kappa shape index (κ3) is 2.82. The van der Waals surface area contributed by atoms with E-state index in [0.717, 1.165) is 42.0 Å². The number of ether oxygens (including phenoxy) is 1. The highest BCUT2D eigenvalue weighted by Gasteiger charge is 2.14. The molecule has 1 aliphatic rings. The maximum Gasteiger partial charge on any atom is 0.108 e. The molecule has 15 heavy (non-hydrogen) atoms. The Balaban J connectivity index is 2.03. The molecule has 0 spiro atoms. The first kappa shape index (κ1) is 10.7. The molecule has 4 nitrogen and oxygen atoms in total. The van der Waals surface area contributed by atoms with Crippen LogP contribution in [0.2, 0.25) is 0 Å². The summed E-state index contributed by atoms with van der Waals surface area (Å²) in [7, 11) is 0. The first-order valence-electron chi connectivity index (χ1n) is 5.01. The summed E-state index contributed by atoms with van der Waals surface area (Å²) in [6.45, 7) is 1.64. The predicted molar refractivity (Wildman–Crippen MR) is 63.8 cm³/mol. The van der Waals surface area contributed by atoms with Crippen LogP contribution < -0.4 is 11.1 Å². The van der Waals surface area contributed by atoms with E-state index in [1.54, 1.807) is 6.20 Å². The monoisotopic (exact) mass is 271 g/mol. The Kier molecular flexibility index (Phi) is 3.43. The number of nitrogen functional groups attached to an aromatic ring is 1. The number of anilines is 2. The molecule has 1 aromatic rings. The number of hydrogen-bond acceptors (Lipinski definition) is 4. The minimum atomic E-state index is 0.448. The summed E-state index contributed by atoms with van der Waals surface area (Å²) in [6.07, 6.45) is 3.81. The highest BCUT2D eigenvalue weighted by atomic mass is 79.9. The quantitative estimate of drug-likeness (QED) is 0.808. The van der Waals surface area contributed by atoms with Gasteiger partial charge in [0.25, 0.3) is 0 Å². The van der Waals surface area contributed by atoms with E-state index in [0.29, 0.717) is 6.04 Å². The van der Waals surface area contributed by atoms with Crippen molar-refractivity contribution < 1.29 is 4.74 Å². The van der Waals surface area contributed by atoms with Crippen molar-refractivity contribution in [2.75, 3.05) is 24.3 Å². The predicted octanol–water partition coefficient (Wildman–Crippen LogP) is 2.02. The summed E-state index contributed by atoms with van der Waals surface area (Å²) in [6, 6.07) is 2.26. The van der Waals surface area contributed by atoms with Crippen LogP contribution in [0, 0.1) is 0 Å². The zero-order chi connectivity index (χ0) is 10.7. The summed E-state index contributed by atoms with van der Waals surface area (Å²) >= 11 is 3.28. The van der Waals surface area contributed by atoms with Gasteiger partial charge in [0.15, 0.2) is 0 Å².